The van der Waals surface area contributed by atoms with E-state index in [2.05, 4.69) is 91.9 Å². The lowest BCUT2D eigenvalue weighted by atomic mass is 10.0. The number of rotatable bonds is 18. The molecule has 0 spiro atoms. The highest BCUT2D eigenvalue weighted by Gasteiger charge is 2.22. The van der Waals surface area contributed by atoms with Gasteiger partial charge in [-0.25, -0.2) is 9.78 Å². The molecule has 14 heteroatoms. The van der Waals surface area contributed by atoms with Crippen LogP contribution in [0.4, 0.5) is 22.0 Å². The SMILES string of the molecule is CCC(CC(C)CNc1cc(-c2scnc2C)ccc1CNC(=O)OC(C)(C)C)Oc1ccc(CN2CCN(c3cc(-c4ccccc4OCOC)nnc3N)CC2)cc1. The minimum absolute atomic E-state index is 0.0715. The highest BCUT2D eigenvalue weighted by Crippen LogP contribution is 2.34. The van der Waals surface area contributed by atoms with E-state index in [4.69, 9.17) is 24.7 Å². The number of nitrogens with one attached hydrogen (secondary N) is 2. The van der Waals surface area contributed by atoms with E-state index in [1.54, 1.807) is 18.4 Å². The molecule has 1 fully saturated rings. The van der Waals surface area contributed by atoms with Gasteiger partial charge in [-0.2, -0.15) is 0 Å². The van der Waals surface area contributed by atoms with Gasteiger partial charge in [0.25, 0.3) is 0 Å². The van der Waals surface area contributed by atoms with Gasteiger partial charge in [-0.05, 0) is 99.5 Å². The molecule has 0 saturated carbocycles. The van der Waals surface area contributed by atoms with Crippen molar-refractivity contribution in [1.29, 1.82) is 0 Å². The summed E-state index contributed by atoms with van der Waals surface area (Å²) in [6.45, 7) is 17.6. The van der Waals surface area contributed by atoms with Crippen LogP contribution in [0.3, 0.4) is 0 Å². The molecule has 2 unspecified atom stereocenters. The summed E-state index contributed by atoms with van der Waals surface area (Å²) in [7, 11) is 1.60. The molecule has 1 amide bonds. The van der Waals surface area contributed by atoms with Crippen molar-refractivity contribution in [2.75, 3.05) is 62.6 Å². The number of thiazole rings is 1. The summed E-state index contributed by atoms with van der Waals surface area (Å²) in [5.74, 6) is 2.30. The fourth-order valence-corrected chi connectivity index (χ4v) is 7.99. The van der Waals surface area contributed by atoms with E-state index in [1.165, 1.54) is 5.56 Å². The number of nitrogens with zero attached hydrogens (tertiary/aromatic N) is 5. The molecule has 0 radical (unpaired) electrons. The molecule has 3 heterocycles. The molecule has 320 valence electrons. The Kier molecular flexibility index (Phi) is 15.2. The van der Waals surface area contributed by atoms with Crippen LogP contribution >= 0.6 is 11.3 Å². The Hall–Kier alpha value is -5.44. The van der Waals surface area contributed by atoms with Crippen LogP contribution in [0, 0.1) is 12.8 Å². The molecule has 13 nitrogen and oxygen atoms in total. The Morgan fingerprint density at radius 2 is 1.77 bits per heavy atom. The lowest BCUT2D eigenvalue weighted by molar-refractivity contribution is 0.0513. The molecule has 6 rings (SSSR count). The van der Waals surface area contributed by atoms with Crippen LogP contribution in [0.15, 0.2) is 78.3 Å². The number of nitrogens with two attached hydrogens (primary N) is 1. The summed E-state index contributed by atoms with van der Waals surface area (Å²) in [5.41, 5.74) is 15.4. The normalized spacial score (nSPS) is 14.3. The number of aryl methyl sites for hydroxylation is 1. The van der Waals surface area contributed by atoms with Gasteiger partial charge in [-0.3, -0.25) is 4.90 Å². The topological polar surface area (TPSA) is 149 Å². The maximum atomic E-state index is 12.5. The van der Waals surface area contributed by atoms with Gasteiger partial charge in [-0.1, -0.05) is 50.2 Å². The van der Waals surface area contributed by atoms with E-state index in [0.29, 0.717) is 29.7 Å². The van der Waals surface area contributed by atoms with E-state index in [0.717, 1.165) is 96.5 Å². The third-order valence-corrected chi connectivity index (χ3v) is 11.3. The molecule has 0 bridgehead atoms. The molecule has 2 atom stereocenters. The Balaban J connectivity index is 0.997. The van der Waals surface area contributed by atoms with E-state index >= 15 is 0 Å². The number of alkyl carbamates (subject to hydrolysis) is 1. The van der Waals surface area contributed by atoms with Crippen LogP contribution < -0.4 is 30.7 Å². The number of benzene rings is 3. The maximum Gasteiger partial charge on any atom is 0.407 e. The van der Waals surface area contributed by atoms with E-state index in [9.17, 15) is 4.79 Å². The first-order chi connectivity index (χ1) is 28.9. The summed E-state index contributed by atoms with van der Waals surface area (Å²) in [6.07, 6.45) is 1.42. The van der Waals surface area contributed by atoms with Crippen molar-refractivity contribution < 1.29 is 23.7 Å². The Bertz CT molecular complexity index is 2150. The number of methoxy groups -OCH3 is 1. The molecule has 1 aliphatic rings. The van der Waals surface area contributed by atoms with E-state index in [1.807, 2.05) is 63.5 Å². The van der Waals surface area contributed by atoms with Gasteiger partial charge >= 0.3 is 6.09 Å². The second-order valence-corrected chi connectivity index (χ2v) is 17.2. The van der Waals surface area contributed by atoms with Crippen LogP contribution in [0.2, 0.25) is 0 Å². The number of ether oxygens (including phenoxy) is 4. The summed E-state index contributed by atoms with van der Waals surface area (Å²) >= 11 is 1.63. The minimum Gasteiger partial charge on any atom is -0.490 e. The van der Waals surface area contributed by atoms with Crippen LogP contribution in [-0.4, -0.2) is 84.5 Å². The molecule has 60 heavy (non-hydrogen) atoms. The fraction of sp³-hybridized carbons (Fsp3) is 0.435. The highest BCUT2D eigenvalue weighted by atomic mass is 32.1. The zero-order valence-electron chi connectivity index (χ0n) is 36.0. The molecular weight excluding hydrogens is 777 g/mol. The largest absolute Gasteiger partial charge is 0.490 e. The summed E-state index contributed by atoms with van der Waals surface area (Å²) in [4.78, 5) is 22.8. The number of nitrogen functional groups attached to an aromatic ring is 1. The fourth-order valence-electron chi connectivity index (χ4n) is 7.19. The molecule has 0 aliphatic carbocycles. The summed E-state index contributed by atoms with van der Waals surface area (Å²) < 4.78 is 22.9. The number of piperazine rings is 1. The van der Waals surface area contributed by atoms with Gasteiger partial charge < -0.3 is 40.2 Å². The number of amides is 1. The summed E-state index contributed by atoms with van der Waals surface area (Å²) in [5, 5.41) is 15.3. The van der Waals surface area contributed by atoms with Crippen molar-refractivity contribution >= 4 is 34.6 Å². The molecule has 1 saturated heterocycles. The predicted molar refractivity (Wildman–Crippen MR) is 241 cm³/mol. The molecule has 4 N–H and O–H groups in total. The molecule has 1 aliphatic heterocycles. The predicted octanol–water partition coefficient (Wildman–Crippen LogP) is 8.78. The van der Waals surface area contributed by atoms with Gasteiger partial charge in [0.1, 0.15) is 17.1 Å². The lowest BCUT2D eigenvalue weighted by Gasteiger charge is -2.36. The van der Waals surface area contributed by atoms with Gasteiger partial charge in [0.05, 0.1) is 33.6 Å². The minimum atomic E-state index is -0.566. The number of carbonyl (C=O) groups excluding carboxylic acids is 1. The number of aromatic nitrogens is 3. The van der Waals surface area contributed by atoms with Crippen molar-refractivity contribution in [3.63, 3.8) is 0 Å². The third kappa shape index (κ3) is 12.3. The quantitative estimate of drug-likeness (QED) is 0.0725. The van der Waals surface area contributed by atoms with Crippen molar-refractivity contribution in [3.05, 3.63) is 95.1 Å². The van der Waals surface area contributed by atoms with E-state index in [-0.39, 0.29) is 12.9 Å². The van der Waals surface area contributed by atoms with E-state index < -0.39 is 11.7 Å². The van der Waals surface area contributed by atoms with Crippen molar-refractivity contribution in [2.24, 2.45) is 5.92 Å². The first kappa shape index (κ1) is 44.1. The number of para-hydroxylation sites is 1. The summed E-state index contributed by atoms with van der Waals surface area (Å²) in [6, 6.07) is 24.6. The van der Waals surface area contributed by atoms with Crippen LogP contribution in [0.25, 0.3) is 21.7 Å². The average molecular weight is 837 g/mol. The highest BCUT2D eigenvalue weighted by molar-refractivity contribution is 7.13. The maximum absolute atomic E-state index is 12.5. The average Bonchev–Trinajstić information content (AvgIpc) is 3.67. The first-order valence-corrected chi connectivity index (χ1v) is 21.6. The molecular formula is C46H60N8O5S. The van der Waals surface area contributed by atoms with Gasteiger partial charge in [-0.15, -0.1) is 21.5 Å². The van der Waals surface area contributed by atoms with Gasteiger partial charge in [0, 0.05) is 64.2 Å². The van der Waals surface area contributed by atoms with Gasteiger partial charge in [0.15, 0.2) is 12.6 Å². The first-order valence-electron chi connectivity index (χ1n) is 20.7. The monoisotopic (exact) mass is 836 g/mol. The van der Waals surface area contributed by atoms with Crippen molar-refractivity contribution in [1.82, 2.24) is 25.4 Å². The zero-order chi connectivity index (χ0) is 42.6. The van der Waals surface area contributed by atoms with Crippen LogP contribution in [0.1, 0.15) is 64.3 Å². The number of anilines is 3. The lowest BCUT2D eigenvalue weighted by Crippen LogP contribution is -2.46. The van der Waals surface area contributed by atoms with Crippen molar-refractivity contribution in [2.45, 2.75) is 79.2 Å². The van der Waals surface area contributed by atoms with Gasteiger partial charge in [0.2, 0.25) is 0 Å². The smallest absolute Gasteiger partial charge is 0.407 e. The Morgan fingerprint density at radius 1 is 1.00 bits per heavy atom. The standard InChI is InChI=1S/C46H60N8O5S/c1-8-36(23-31(2)26-48-39-24-34(43-32(3)50-29-60-43)15-16-35(39)27-49-45(55)59-46(4,5)6)58-37-17-13-33(14-18-37)28-53-19-21-54(22-20-53)41-25-40(51-52-44(41)47)38-11-9-10-12-42(38)57-30-56-7/h9-18,24-25,29,31,36,48H,8,19-23,26-28,30H2,1-7H3,(H2,47,52)(H,49,55). The van der Waals surface area contributed by atoms with Crippen LogP contribution in [0.5, 0.6) is 11.5 Å². The third-order valence-electron chi connectivity index (χ3n) is 10.3. The second kappa shape index (κ2) is 20.7. The molecule has 2 aromatic heterocycles. The number of hydrogen-bond acceptors (Lipinski definition) is 13. The number of hydrogen-bond donors (Lipinski definition) is 3. The zero-order valence-corrected chi connectivity index (χ0v) is 36.8. The molecule has 3 aromatic carbocycles. The number of carbonyl (C=O) groups is 1. The molecule has 5 aromatic rings. The van der Waals surface area contributed by atoms with Crippen molar-refractivity contribution in [3.8, 4) is 33.2 Å². The van der Waals surface area contributed by atoms with Crippen LogP contribution in [-0.2, 0) is 22.6 Å². The Labute approximate surface area is 358 Å². The second-order valence-electron chi connectivity index (χ2n) is 16.3. The Morgan fingerprint density at radius 3 is 2.47 bits per heavy atom.